The van der Waals surface area contributed by atoms with Crippen LogP contribution in [0.2, 0.25) is 0 Å². The quantitative estimate of drug-likeness (QED) is 0.757. The predicted octanol–water partition coefficient (Wildman–Crippen LogP) is 4.30. The second-order valence-electron chi connectivity index (χ2n) is 4.29. The number of hydrogen-bond acceptors (Lipinski definition) is 3. The molecule has 0 bridgehead atoms. The summed E-state index contributed by atoms with van der Waals surface area (Å²) in [7, 11) is 3.31. The van der Waals surface area contributed by atoms with Gasteiger partial charge in [-0.3, -0.25) is 0 Å². The monoisotopic (exact) mass is 274 g/mol. The molecule has 100 valence electrons. The van der Waals surface area contributed by atoms with Crippen LogP contribution < -0.4 is 9.47 Å². The van der Waals surface area contributed by atoms with Crippen molar-refractivity contribution in [2.24, 2.45) is 0 Å². The fourth-order valence-corrected chi connectivity index (χ4v) is 2.61. The molecule has 2 rings (SSSR count). The van der Waals surface area contributed by atoms with E-state index in [0.29, 0.717) is 0 Å². The summed E-state index contributed by atoms with van der Waals surface area (Å²) in [5, 5.41) is 0. The third-order valence-electron chi connectivity index (χ3n) is 2.87. The van der Waals surface area contributed by atoms with Gasteiger partial charge in [0.1, 0.15) is 0 Å². The first kappa shape index (κ1) is 13.8. The van der Waals surface area contributed by atoms with Crippen LogP contribution in [0.25, 0.3) is 0 Å². The number of thioether (sulfide) groups is 1. The second-order valence-corrected chi connectivity index (χ2v) is 5.34. The van der Waals surface area contributed by atoms with Gasteiger partial charge in [0.25, 0.3) is 0 Å². The molecule has 2 aromatic carbocycles. The minimum atomic E-state index is 0.770. The van der Waals surface area contributed by atoms with Crippen LogP contribution >= 0.6 is 11.8 Å². The maximum atomic E-state index is 5.31. The summed E-state index contributed by atoms with van der Waals surface area (Å²) < 4.78 is 10.5. The van der Waals surface area contributed by atoms with Gasteiger partial charge in [-0.05, 0) is 36.8 Å². The van der Waals surface area contributed by atoms with Crippen molar-refractivity contribution in [2.75, 3.05) is 14.2 Å². The highest BCUT2D eigenvalue weighted by Crippen LogP contribution is 2.30. The van der Waals surface area contributed by atoms with Crippen molar-refractivity contribution < 1.29 is 9.47 Å². The van der Waals surface area contributed by atoms with Crippen molar-refractivity contribution in [2.45, 2.75) is 17.6 Å². The standard InChI is InChI=1S/C16H18O2S/c1-12-4-7-14(8-5-12)19-11-13-6-9-15(17-2)16(10-13)18-3/h4-10H,11H2,1-3H3. The molecule has 0 aliphatic carbocycles. The van der Waals surface area contributed by atoms with Crippen molar-refractivity contribution in [1.29, 1.82) is 0 Å². The molecule has 0 saturated carbocycles. The van der Waals surface area contributed by atoms with Gasteiger partial charge in [-0.2, -0.15) is 0 Å². The van der Waals surface area contributed by atoms with Crippen molar-refractivity contribution >= 4 is 11.8 Å². The Morgan fingerprint density at radius 2 is 1.58 bits per heavy atom. The molecule has 3 heteroatoms. The van der Waals surface area contributed by atoms with Crippen molar-refractivity contribution in [3.63, 3.8) is 0 Å². The smallest absolute Gasteiger partial charge is 0.161 e. The van der Waals surface area contributed by atoms with E-state index in [1.165, 1.54) is 16.0 Å². The summed E-state index contributed by atoms with van der Waals surface area (Å²) in [4.78, 5) is 1.28. The van der Waals surface area contributed by atoms with Crippen LogP contribution in [0.1, 0.15) is 11.1 Å². The lowest BCUT2D eigenvalue weighted by Crippen LogP contribution is -1.91. The first-order valence-corrected chi connectivity index (χ1v) is 7.12. The molecule has 0 aliphatic rings. The van der Waals surface area contributed by atoms with Gasteiger partial charge in [0.05, 0.1) is 14.2 Å². The fourth-order valence-electron chi connectivity index (χ4n) is 1.77. The van der Waals surface area contributed by atoms with E-state index >= 15 is 0 Å². The van der Waals surface area contributed by atoms with Gasteiger partial charge < -0.3 is 9.47 Å². The Morgan fingerprint density at radius 3 is 2.21 bits per heavy atom. The van der Waals surface area contributed by atoms with E-state index < -0.39 is 0 Å². The minimum absolute atomic E-state index is 0.770. The molecule has 2 aromatic rings. The molecule has 2 nitrogen and oxygen atoms in total. The number of methoxy groups -OCH3 is 2. The normalized spacial score (nSPS) is 10.3. The van der Waals surface area contributed by atoms with Gasteiger partial charge in [-0.25, -0.2) is 0 Å². The van der Waals surface area contributed by atoms with Gasteiger partial charge in [0.15, 0.2) is 11.5 Å². The summed E-state index contributed by atoms with van der Waals surface area (Å²) in [6.07, 6.45) is 0. The molecule has 0 heterocycles. The van der Waals surface area contributed by atoms with E-state index in [1.54, 1.807) is 14.2 Å². The average molecular weight is 274 g/mol. The van der Waals surface area contributed by atoms with Crippen LogP contribution in [0, 0.1) is 6.92 Å². The minimum Gasteiger partial charge on any atom is -0.493 e. The molecule has 0 amide bonds. The van der Waals surface area contributed by atoms with Crippen molar-refractivity contribution in [3.8, 4) is 11.5 Å². The van der Waals surface area contributed by atoms with Gasteiger partial charge >= 0.3 is 0 Å². The molecule has 19 heavy (non-hydrogen) atoms. The predicted molar refractivity (Wildman–Crippen MR) is 80.3 cm³/mol. The zero-order chi connectivity index (χ0) is 13.7. The SMILES string of the molecule is COc1ccc(CSc2ccc(C)cc2)cc1OC. The number of ether oxygens (including phenoxy) is 2. The second kappa shape index (κ2) is 6.53. The van der Waals surface area contributed by atoms with E-state index in [9.17, 15) is 0 Å². The Morgan fingerprint density at radius 1 is 0.895 bits per heavy atom. The van der Waals surface area contributed by atoms with Crippen LogP contribution in [0.3, 0.4) is 0 Å². The van der Waals surface area contributed by atoms with Gasteiger partial charge in [-0.15, -0.1) is 11.8 Å². The molecule has 0 atom stereocenters. The molecule has 0 N–H and O–H groups in total. The molecule has 0 fully saturated rings. The first-order chi connectivity index (χ1) is 9.22. The van der Waals surface area contributed by atoms with E-state index in [-0.39, 0.29) is 0 Å². The fraction of sp³-hybridized carbons (Fsp3) is 0.250. The lowest BCUT2D eigenvalue weighted by Gasteiger charge is -2.09. The zero-order valence-electron chi connectivity index (χ0n) is 11.5. The lowest BCUT2D eigenvalue weighted by molar-refractivity contribution is 0.354. The Kier molecular flexibility index (Phi) is 4.74. The van der Waals surface area contributed by atoms with Crippen LogP contribution in [0.15, 0.2) is 47.4 Å². The van der Waals surface area contributed by atoms with Gasteiger partial charge in [0, 0.05) is 10.6 Å². The summed E-state index contributed by atoms with van der Waals surface area (Å²) in [6, 6.07) is 14.6. The average Bonchev–Trinajstić information content (AvgIpc) is 2.46. The highest BCUT2D eigenvalue weighted by atomic mass is 32.2. The summed E-state index contributed by atoms with van der Waals surface area (Å²) in [6.45, 7) is 2.10. The highest BCUT2D eigenvalue weighted by Gasteiger charge is 2.04. The van der Waals surface area contributed by atoms with Crippen LogP contribution in [0.4, 0.5) is 0 Å². The molecule has 0 aromatic heterocycles. The molecular formula is C16H18O2S. The largest absolute Gasteiger partial charge is 0.493 e. The number of benzene rings is 2. The Bertz CT molecular complexity index is 535. The first-order valence-electron chi connectivity index (χ1n) is 6.13. The number of aryl methyl sites for hydroxylation is 1. The Labute approximate surface area is 118 Å². The van der Waals surface area contributed by atoms with E-state index in [4.69, 9.17) is 9.47 Å². The Balaban J connectivity index is 2.05. The zero-order valence-corrected chi connectivity index (χ0v) is 12.3. The van der Waals surface area contributed by atoms with E-state index in [2.05, 4.69) is 37.3 Å². The van der Waals surface area contributed by atoms with Crippen molar-refractivity contribution in [3.05, 3.63) is 53.6 Å². The summed E-state index contributed by atoms with van der Waals surface area (Å²) in [5.41, 5.74) is 2.51. The van der Waals surface area contributed by atoms with Crippen LogP contribution in [-0.4, -0.2) is 14.2 Å². The maximum absolute atomic E-state index is 5.31. The van der Waals surface area contributed by atoms with Gasteiger partial charge in [0.2, 0.25) is 0 Å². The van der Waals surface area contributed by atoms with E-state index in [0.717, 1.165) is 17.3 Å². The molecule has 0 aliphatic heterocycles. The summed E-state index contributed by atoms with van der Waals surface area (Å²) in [5.74, 6) is 2.47. The van der Waals surface area contributed by atoms with Crippen LogP contribution in [-0.2, 0) is 5.75 Å². The van der Waals surface area contributed by atoms with Gasteiger partial charge in [-0.1, -0.05) is 23.8 Å². The third-order valence-corrected chi connectivity index (χ3v) is 3.96. The third kappa shape index (κ3) is 3.67. The lowest BCUT2D eigenvalue weighted by atomic mass is 10.2. The number of rotatable bonds is 5. The molecular weight excluding hydrogens is 256 g/mol. The molecule has 0 unspecified atom stereocenters. The summed E-state index contributed by atoms with van der Waals surface area (Å²) >= 11 is 1.82. The van der Waals surface area contributed by atoms with Crippen molar-refractivity contribution in [1.82, 2.24) is 0 Å². The molecule has 0 saturated heterocycles. The molecule has 0 spiro atoms. The van der Waals surface area contributed by atoms with Crippen LogP contribution in [0.5, 0.6) is 11.5 Å². The van der Waals surface area contributed by atoms with E-state index in [1.807, 2.05) is 23.9 Å². The number of hydrogen-bond donors (Lipinski definition) is 0. The molecule has 0 radical (unpaired) electrons. The highest BCUT2D eigenvalue weighted by molar-refractivity contribution is 7.98. The topological polar surface area (TPSA) is 18.5 Å². The Hall–Kier alpha value is -1.61. The maximum Gasteiger partial charge on any atom is 0.161 e.